The molecule has 7 heteroatoms. The van der Waals surface area contributed by atoms with Gasteiger partial charge in [0.25, 0.3) is 0 Å². The smallest absolute Gasteiger partial charge is 0.410 e. The van der Waals surface area contributed by atoms with Crippen LogP contribution in [0.25, 0.3) is 0 Å². The Morgan fingerprint density at radius 2 is 1.65 bits per heavy atom. The number of rotatable bonds is 3. The van der Waals surface area contributed by atoms with Gasteiger partial charge in [-0.05, 0) is 58.0 Å². The van der Waals surface area contributed by atoms with E-state index >= 15 is 0 Å². The zero-order valence-electron chi connectivity index (χ0n) is 15.2. The van der Waals surface area contributed by atoms with Crippen LogP contribution in [-0.2, 0) is 9.31 Å². The zero-order valence-corrected chi connectivity index (χ0v) is 15.2. The van der Waals surface area contributed by atoms with Gasteiger partial charge < -0.3 is 14.0 Å². The lowest BCUT2D eigenvalue weighted by molar-refractivity contribution is 0.00578. The number of amides is 1. The predicted molar refractivity (Wildman–Crippen MR) is 98.2 cm³/mol. The highest BCUT2D eigenvalue weighted by atomic mass is 19.1. The summed E-state index contributed by atoms with van der Waals surface area (Å²) in [5, 5.41) is 2.63. The summed E-state index contributed by atoms with van der Waals surface area (Å²) in [7, 11) is -0.803. The molecule has 1 aliphatic rings. The molecule has 26 heavy (non-hydrogen) atoms. The lowest BCUT2D eigenvalue weighted by Gasteiger charge is -2.32. The van der Waals surface area contributed by atoms with Crippen molar-refractivity contribution in [3.05, 3.63) is 54.3 Å². The minimum Gasteiger partial charge on any atom is -0.410 e. The van der Waals surface area contributed by atoms with E-state index < -0.39 is 30.2 Å². The second-order valence-electron chi connectivity index (χ2n) is 7.15. The molecule has 5 nitrogen and oxygen atoms in total. The average Bonchev–Trinajstić information content (AvgIpc) is 2.78. The lowest BCUT2D eigenvalue weighted by atomic mass is 9.77. The molecule has 1 aliphatic heterocycles. The van der Waals surface area contributed by atoms with E-state index in [9.17, 15) is 9.18 Å². The SMILES string of the molecule is CC1(C)OB(c2cc(F)ccc2NC(=O)Oc2ccccc2)OC1(C)C. The molecular weight excluding hydrogens is 336 g/mol. The van der Waals surface area contributed by atoms with Crippen LogP contribution < -0.4 is 15.5 Å². The molecule has 136 valence electrons. The number of carbonyl (C=O) groups is 1. The van der Waals surface area contributed by atoms with Gasteiger partial charge in [0.05, 0.1) is 11.2 Å². The third-order valence-corrected chi connectivity index (χ3v) is 4.71. The largest absolute Gasteiger partial charge is 0.497 e. The van der Waals surface area contributed by atoms with Crippen LogP contribution in [0.2, 0.25) is 0 Å². The Balaban J connectivity index is 1.82. The van der Waals surface area contributed by atoms with Gasteiger partial charge in [-0.3, -0.25) is 5.32 Å². The fourth-order valence-electron chi connectivity index (χ4n) is 2.54. The summed E-state index contributed by atoms with van der Waals surface area (Å²) in [5.41, 5.74) is -0.392. The van der Waals surface area contributed by atoms with Crippen molar-refractivity contribution in [2.75, 3.05) is 5.32 Å². The Kier molecular flexibility index (Phi) is 4.77. The first-order valence-corrected chi connectivity index (χ1v) is 8.37. The zero-order chi connectivity index (χ0) is 18.9. The fraction of sp³-hybridized carbons (Fsp3) is 0.316. The summed E-state index contributed by atoms with van der Waals surface area (Å²) in [6.45, 7) is 7.62. The molecule has 1 N–H and O–H groups in total. The van der Waals surface area contributed by atoms with Crippen LogP contribution in [-0.4, -0.2) is 24.4 Å². The van der Waals surface area contributed by atoms with E-state index in [2.05, 4.69) is 5.32 Å². The number of para-hydroxylation sites is 1. The summed E-state index contributed by atoms with van der Waals surface area (Å²) >= 11 is 0. The van der Waals surface area contributed by atoms with Crippen molar-refractivity contribution < 1.29 is 23.2 Å². The minimum absolute atomic E-state index is 0.367. The van der Waals surface area contributed by atoms with E-state index in [0.717, 1.165) is 0 Å². The summed E-state index contributed by atoms with van der Waals surface area (Å²) in [6.07, 6.45) is -0.680. The molecule has 2 aromatic rings. The number of anilines is 1. The van der Waals surface area contributed by atoms with Gasteiger partial charge in [0.2, 0.25) is 0 Å². The fourth-order valence-corrected chi connectivity index (χ4v) is 2.54. The van der Waals surface area contributed by atoms with Crippen LogP contribution in [0.1, 0.15) is 27.7 Å². The molecule has 2 aromatic carbocycles. The number of halogens is 1. The quantitative estimate of drug-likeness (QED) is 0.851. The van der Waals surface area contributed by atoms with Crippen molar-refractivity contribution in [2.24, 2.45) is 0 Å². The molecule has 0 bridgehead atoms. The van der Waals surface area contributed by atoms with Crippen molar-refractivity contribution in [1.29, 1.82) is 0 Å². The highest BCUT2D eigenvalue weighted by Gasteiger charge is 2.52. The summed E-state index contributed by atoms with van der Waals surface area (Å²) in [6, 6.07) is 12.7. The molecule has 1 fully saturated rings. The van der Waals surface area contributed by atoms with Gasteiger partial charge in [-0.2, -0.15) is 0 Å². The Morgan fingerprint density at radius 3 is 2.27 bits per heavy atom. The van der Waals surface area contributed by atoms with Crippen LogP contribution >= 0.6 is 0 Å². The number of carbonyl (C=O) groups excluding carboxylic acids is 1. The predicted octanol–water partition coefficient (Wildman–Crippen LogP) is 3.74. The third kappa shape index (κ3) is 3.74. The molecule has 0 radical (unpaired) electrons. The second-order valence-corrected chi connectivity index (χ2v) is 7.15. The molecule has 3 rings (SSSR count). The maximum atomic E-state index is 13.8. The van der Waals surface area contributed by atoms with Crippen molar-refractivity contribution in [1.82, 2.24) is 0 Å². The number of hydrogen-bond acceptors (Lipinski definition) is 4. The van der Waals surface area contributed by atoms with Crippen molar-refractivity contribution >= 4 is 24.4 Å². The molecule has 0 aromatic heterocycles. The van der Waals surface area contributed by atoms with E-state index in [4.69, 9.17) is 14.0 Å². The highest BCUT2D eigenvalue weighted by molar-refractivity contribution is 6.64. The van der Waals surface area contributed by atoms with E-state index in [1.165, 1.54) is 18.2 Å². The summed E-state index contributed by atoms with van der Waals surface area (Å²) in [4.78, 5) is 12.2. The Labute approximate surface area is 152 Å². The molecule has 0 unspecified atom stereocenters. The number of nitrogens with one attached hydrogen (secondary N) is 1. The topological polar surface area (TPSA) is 56.8 Å². The van der Waals surface area contributed by atoms with Crippen LogP contribution in [0.3, 0.4) is 0 Å². The van der Waals surface area contributed by atoms with Gasteiger partial charge in [0.1, 0.15) is 11.6 Å². The Morgan fingerprint density at radius 1 is 1.04 bits per heavy atom. The lowest BCUT2D eigenvalue weighted by Crippen LogP contribution is -2.41. The van der Waals surface area contributed by atoms with Crippen molar-refractivity contribution in [2.45, 2.75) is 38.9 Å². The highest BCUT2D eigenvalue weighted by Crippen LogP contribution is 2.37. The first-order chi connectivity index (χ1) is 12.2. The molecule has 0 spiro atoms. The Bertz CT molecular complexity index is 794. The van der Waals surface area contributed by atoms with E-state index in [1.54, 1.807) is 24.3 Å². The van der Waals surface area contributed by atoms with E-state index in [1.807, 2.05) is 33.8 Å². The van der Waals surface area contributed by atoms with Crippen LogP contribution in [0.5, 0.6) is 5.75 Å². The van der Waals surface area contributed by atoms with Gasteiger partial charge in [-0.25, -0.2) is 9.18 Å². The first-order valence-electron chi connectivity index (χ1n) is 8.37. The summed E-state index contributed by atoms with van der Waals surface area (Å²) in [5.74, 6) is -0.0408. The van der Waals surface area contributed by atoms with E-state index in [0.29, 0.717) is 16.9 Å². The Hall–Kier alpha value is -2.38. The molecule has 1 heterocycles. The van der Waals surface area contributed by atoms with Crippen molar-refractivity contribution in [3.8, 4) is 5.75 Å². The van der Waals surface area contributed by atoms with Gasteiger partial charge in [0, 0.05) is 11.2 Å². The second kappa shape index (κ2) is 6.74. The number of benzene rings is 2. The van der Waals surface area contributed by atoms with E-state index in [-0.39, 0.29) is 0 Å². The standard InChI is InChI=1S/C19H21BFNO4/c1-18(2)19(3,4)26-20(25-18)15-12-13(21)10-11-16(15)22-17(23)24-14-8-6-5-7-9-14/h5-12H,1-4H3,(H,22,23). The first kappa shape index (κ1) is 18.4. The van der Waals surface area contributed by atoms with Crippen LogP contribution in [0, 0.1) is 5.82 Å². The maximum Gasteiger partial charge on any atom is 0.497 e. The summed E-state index contributed by atoms with van der Waals surface area (Å²) < 4.78 is 31.0. The monoisotopic (exact) mass is 357 g/mol. The normalized spacial score (nSPS) is 17.8. The molecule has 0 atom stereocenters. The van der Waals surface area contributed by atoms with Crippen LogP contribution in [0.15, 0.2) is 48.5 Å². The van der Waals surface area contributed by atoms with Gasteiger partial charge >= 0.3 is 13.2 Å². The average molecular weight is 357 g/mol. The molecule has 1 amide bonds. The molecule has 0 saturated carbocycles. The number of hydrogen-bond donors (Lipinski definition) is 1. The number of ether oxygens (including phenoxy) is 1. The third-order valence-electron chi connectivity index (χ3n) is 4.71. The van der Waals surface area contributed by atoms with Gasteiger partial charge in [0.15, 0.2) is 0 Å². The molecule has 0 aliphatic carbocycles. The molecule has 1 saturated heterocycles. The van der Waals surface area contributed by atoms with Gasteiger partial charge in [-0.1, -0.05) is 18.2 Å². The minimum atomic E-state index is -0.803. The maximum absolute atomic E-state index is 13.8. The van der Waals surface area contributed by atoms with Crippen LogP contribution in [0.4, 0.5) is 14.9 Å². The van der Waals surface area contributed by atoms with Crippen molar-refractivity contribution in [3.63, 3.8) is 0 Å². The molecular formula is C19H21BFNO4. The van der Waals surface area contributed by atoms with Gasteiger partial charge in [-0.15, -0.1) is 0 Å².